The number of aromatic nitrogens is 1. The molecule has 0 amide bonds. The number of anilines is 1. The second-order valence-electron chi connectivity index (χ2n) is 3.37. The molecule has 0 aromatic carbocycles. The van der Waals surface area contributed by atoms with E-state index in [9.17, 15) is 4.79 Å². The van der Waals surface area contributed by atoms with Crippen LogP contribution in [-0.4, -0.2) is 22.6 Å². The minimum absolute atomic E-state index is 0.194. The number of carboxylic acids is 1. The maximum atomic E-state index is 10.8. The summed E-state index contributed by atoms with van der Waals surface area (Å²) in [5.41, 5.74) is 1.37. The molecule has 0 unspecified atom stereocenters. The molecular weight excluding hydrogens is 192 g/mol. The summed E-state index contributed by atoms with van der Waals surface area (Å²) in [5, 5.41) is 11.8. The van der Waals surface area contributed by atoms with E-state index in [2.05, 4.69) is 10.3 Å². The number of hydrogen-bond acceptors (Lipinski definition) is 3. The Balaban J connectivity index is 2.76. The fourth-order valence-electron chi connectivity index (χ4n) is 1.07. The molecule has 0 fully saturated rings. The van der Waals surface area contributed by atoms with E-state index in [4.69, 9.17) is 5.11 Å². The zero-order chi connectivity index (χ0) is 11.3. The van der Waals surface area contributed by atoms with Gasteiger partial charge in [-0.2, -0.15) is 0 Å². The molecule has 0 aliphatic heterocycles. The Morgan fingerprint density at radius 1 is 1.60 bits per heavy atom. The number of carbonyl (C=O) groups is 1. The third-order valence-electron chi connectivity index (χ3n) is 1.82. The second kappa shape index (κ2) is 5.14. The Labute approximate surface area is 88.7 Å². The largest absolute Gasteiger partial charge is 0.478 e. The van der Waals surface area contributed by atoms with Crippen molar-refractivity contribution in [3.05, 3.63) is 35.5 Å². The SMILES string of the molecule is CC(C)=CCNc1ncccc1C(=O)O. The number of nitrogens with one attached hydrogen (secondary N) is 1. The highest BCUT2D eigenvalue weighted by molar-refractivity contribution is 5.92. The molecule has 0 aliphatic rings. The van der Waals surface area contributed by atoms with E-state index in [1.807, 2.05) is 19.9 Å². The van der Waals surface area contributed by atoms with Gasteiger partial charge in [-0.25, -0.2) is 9.78 Å². The van der Waals surface area contributed by atoms with Crippen LogP contribution in [0.25, 0.3) is 0 Å². The van der Waals surface area contributed by atoms with Crippen LogP contribution < -0.4 is 5.32 Å². The zero-order valence-corrected chi connectivity index (χ0v) is 8.82. The van der Waals surface area contributed by atoms with Gasteiger partial charge in [-0.1, -0.05) is 11.6 Å². The lowest BCUT2D eigenvalue weighted by Crippen LogP contribution is -2.08. The van der Waals surface area contributed by atoms with Crippen LogP contribution in [0.15, 0.2) is 30.0 Å². The molecule has 0 spiro atoms. The van der Waals surface area contributed by atoms with Gasteiger partial charge in [0, 0.05) is 12.7 Å². The van der Waals surface area contributed by atoms with Gasteiger partial charge >= 0.3 is 5.97 Å². The standard InChI is InChI=1S/C11H14N2O2/c1-8(2)5-7-13-10-9(11(14)15)4-3-6-12-10/h3-6H,7H2,1-2H3,(H,12,13)(H,14,15). The Hall–Kier alpha value is -1.84. The Kier molecular flexibility index (Phi) is 3.85. The van der Waals surface area contributed by atoms with Gasteiger partial charge < -0.3 is 10.4 Å². The molecule has 0 saturated carbocycles. The molecule has 0 saturated heterocycles. The lowest BCUT2D eigenvalue weighted by Gasteiger charge is -2.05. The maximum Gasteiger partial charge on any atom is 0.339 e. The first-order chi connectivity index (χ1) is 7.11. The zero-order valence-electron chi connectivity index (χ0n) is 8.82. The van der Waals surface area contributed by atoms with E-state index in [1.54, 1.807) is 12.3 Å². The quantitative estimate of drug-likeness (QED) is 0.741. The van der Waals surface area contributed by atoms with Gasteiger partial charge in [-0.05, 0) is 26.0 Å². The van der Waals surface area contributed by atoms with E-state index in [-0.39, 0.29) is 5.56 Å². The number of aromatic carboxylic acids is 1. The van der Waals surface area contributed by atoms with Gasteiger partial charge in [0.25, 0.3) is 0 Å². The molecule has 0 bridgehead atoms. The van der Waals surface area contributed by atoms with Crippen LogP contribution in [0.1, 0.15) is 24.2 Å². The number of rotatable bonds is 4. The predicted octanol–water partition coefficient (Wildman–Crippen LogP) is 2.16. The Morgan fingerprint density at radius 3 is 2.93 bits per heavy atom. The summed E-state index contributed by atoms with van der Waals surface area (Å²) in [7, 11) is 0. The van der Waals surface area contributed by atoms with Crippen molar-refractivity contribution in [3.8, 4) is 0 Å². The molecule has 0 atom stereocenters. The molecule has 4 nitrogen and oxygen atoms in total. The monoisotopic (exact) mass is 206 g/mol. The molecule has 1 heterocycles. The summed E-state index contributed by atoms with van der Waals surface area (Å²) in [4.78, 5) is 14.8. The van der Waals surface area contributed by atoms with Crippen molar-refractivity contribution < 1.29 is 9.90 Å². The van der Waals surface area contributed by atoms with E-state index in [0.29, 0.717) is 12.4 Å². The third kappa shape index (κ3) is 3.42. The first-order valence-electron chi connectivity index (χ1n) is 4.67. The van der Waals surface area contributed by atoms with Crippen LogP contribution in [0.4, 0.5) is 5.82 Å². The van der Waals surface area contributed by atoms with Gasteiger partial charge in [0.15, 0.2) is 0 Å². The molecule has 0 radical (unpaired) electrons. The highest BCUT2D eigenvalue weighted by Gasteiger charge is 2.08. The topological polar surface area (TPSA) is 62.2 Å². The number of hydrogen-bond donors (Lipinski definition) is 2. The second-order valence-corrected chi connectivity index (χ2v) is 3.37. The summed E-state index contributed by atoms with van der Waals surface area (Å²) >= 11 is 0. The van der Waals surface area contributed by atoms with E-state index < -0.39 is 5.97 Å². The van der Waals surface area contributed by atoms with Gasteiger partial charge in [0.05, 0.1) is 0 Å². The van der Waals surface area contributed by atoms with Crippen molar-refractivity contribution in [2.75, 3.05) is 11.9 Å². The van der Waals surface area contributed by atoms with E-state index in [0.717, 1.165) is 0 Å². The summed E-state index contributed by atoms with van der Waals surface area (Å²) in [6.07, 6.45) is 3.54. The summed E-state index contributed by atoms with van der Waals surface area (Å²) < 4.78 is 0. The fraction of sp³-hybridized carbons (Fsp3) is 0.273. The number of nitrogens with zero attached hydrogens (tertiary/aromatic N) is 1. The van der Waals surface area contributed by atoms with Gasteiger partial charge in [0.1, 0.15) is 11.4 Å². The van der Waals surface area contributed by atoms with Crippen molar-refractivity contribution >= 4 is 11.8 Å². The fourth-order valence-corrected chi connectivity index (χ4v) is 1.07. The predicted molar refractivity (Wildman–Crippen MR) is 59.1 cm³/mol. The minimum Gasteiger partial charge on any atom is -0.478 e. The van der Waals surface area contributed by atoms with Crippen molar-refractivity contribution in [3.63, 3.8) is 0 Å². The van der Waals surface area contributed by atoms with Crippen molar-refractivity contribution in [2.45, 2.75) is 13.8 Å². The third-order valence-corrected chi connectivity index (χ3v) is 1.82. The average Bonchev–Trinajstić information content (AvgIpc) is 2.17. The number of pyridine rings is 1. The minimum atomic E-state index is -0.970. The molecule has 80 valence electrons. The van der Waals surface area contributed by atoms with Crippen LogP contribution in [0, 0.1) is 0 Å². The maximum absolute atomic E-state index is 10.8. The molecule has 1 rings (SSSR count). The van der Waals surface area contributed by atoms with Crippen molar-refractivity contribution in [2.24, 2.45) is 0 Å². The highest BCUT2D eigenvalue weighted by atomic mass is 16.4. The van der Waals surface area contributed by atoms with E-state index >= 15 is 0 Å². The molecule has 0 aliphatic carbocycles. The molecule has 2 N–H and O–H groups in total. The van der Waals surface area contributed by atoms with Crippen LogP contribution in [0.5, 0.6) is 0 Å². The van der Waals surface area contributed by atoms with Crippen LogP contribution in [0.2, 0.25) is 0 Å². The number of carboxylic acid groups (broad SMARTS) is 1. The first kappa shape index (κ1) is 11.2. The summed E-state index contributed by atoms with van der Waals surface area (Å²) in [5.74, 6) is -0.565. The molecular formula is C11H14N2O2. The average molecular weight is 206 g/mol. The summed E-state index contributed by atoms with van der Waals surface area (Å²) in [6, 6.07) is 3.13. The van der Waals surface area contributed by atoms with E-state index in [1.165, 1.54) is 11.6 Å². The normalized spacial score (nSPS) is 9.47. The van der Waals surface area contributed by atoms with Crippen molar-refractivity contribution in [1.29, 1.82) is 0 Å². The van der Waals surface area contributed by atoms with Gasteiger partial charge in [0.2, 0.25) is 0 Å². The van der Waals surface area contributed by atoms with Gasteiger partial charge in [-0.3, -0.25) is 0 Å². The van der Waals surface area contributed by atoms with Crippen LogP contribution >= 0.6 is 0 Å². The Bertz CT molecular complexity index is 382. The lowest BCUT2D eigenvalue weighted by molar-refractivity contribution is 0.0697. The molecule has 1 aromatic heterocycles. The highest BCUT2D eigenvalue weighted by Crippen LogP contribution is 2.10. The van der Waals surface area contributed by atoms with Gasteiger partial charge in [-0.15, -0.1) is 0 Å². The summed E-state index contributed by atoms with van der Waals surface area (Å²) in [6.45, 7) is 4.55. The number of allylic oxidation sites excluding steroid dienone is 1. The molecule has 1 aromatic rings. The lowest BCUT2D eigenvalue weighted by atomic mass is 10.2. The molecule has 4 heteroatoms. The smallest absolute Gasteiger partial charge is 0.339 e. The first-order valence-corrected chi connectivity index (χ1v) is 4.67. The van der Waals surface area contributed by atoms with Crippen molar-refractivity contribution in [1.82, 2.24) is 4.98 Å². The van der Waals surface area contributed by atoms with Crippen LogP contribution in [0.3, 0.4) is 0 Å². The van der Waals surface area contributed by atoms with Crippen LogP contribution in [-0.2, 0) is 0 Å². The molecule has 15 heavy (non-hydrogen) atoms. The Morgan fingerprint density at radius 2 is 2.33 bits per heavy atom.